The van der Waals surface area contributed by atoms with Crippen molar-refractivity contribution in [2.24, 2.45) is 0 Å². The van der Waals surface area contributed by atoms with Crippen molar-refractivity contribution in [3.05, 3.63) is 111 Å². The van der Waals surface area contributed by atoms with Crippen LogP contribution in [0, 0.1) is 29.1 Å². The number of nitrogens with one attached hydrogen (secondary N) is 1. The van der Waals surface area contributed by atoms with E-state index in [2.05, 4.69) is 26.3 Å². The Morgan fingerprint density at radius 1 is 0.914 bits per heavy atom. The number of carbonyl (C=O) groups is 1. The smallest absolute Gasteiger partial charge is 0.256 e. The number of carbonyl (C=O) groups excluding carboxylic acids is 1. The molecular weight excluding hydrogens is 537 g/mol. The number of nitrogens with zero attached hydrogens (tertiary/aromatic N) is 2. The largest absolute Gasteiger partial charge is 0.483 e. The lowest BCUT2D eigenvalue weighted by molar-refractivity contribution is 0.102. The lowest BCUT2D eigenvalue weighted by Gasteiger charge is -2.10. The van der Waals surface area contributed by atoms with Gasteiger partial charge in [-0.25, -0.2) is 13.2 Å². The molecule has 0 aliphatic rings. The van der Waals surface area contributed by atoms with E-state index in [4.69, 9.17) is 4.74 Å². The number of halogens is 6. The van der Waals surface area contributed by atoms with Crippen LogP contribution in [0.2, 0.25) is 0 Å². The number of anilines is 1. The Morgan fingerprint density at radius 2 is 1.51 bits per heavy atom. The molecule has 0 aliphatic heterocycles. The molecule has 0 fully saturated rings. The minimum absolute atomic E-state index is 0.0924. The molecule has 11 heteroatoms. The lowest BCUT2D eigenvalue weighted by Crippen LogP contribution is -2.13. The van der Waals surface area contributed by atoms with E-state index in [1.165, 1.54) is 36.4 Å². The second-order valence-corrected chi connectivity index (χ2v) is 8.24. The van der Waals surface area contributed by atoms with Crippen LogP contribution in [0.25, 0.3) is 0 Å². The highest BCUT2D eigenvalue weighted by atomic mass is 79.9. The van der Waals surface area contributed by atoms with Gasteiger partial charge in [-0.05, 0) is 51.3 Å². The van der Waals surface area contributed by atoms with E-state index >= 15 is 0 Å². The standard InChI is InChI=1S/C24H15BrF5N3O2/c25-17-11-33(10-13-3-7-16(26)8-4-13)32-23(17)31-24(34)15-5-1-14(2-6-15)12-35-22-20(29)18(27)9-19(28)21(22)30/h1-9,11H,10,12H2,(H,31,32,34). The van der Waals surface area contributed by atoms with Crippen molar-refractivity contribution in [2.75, 3.05) is 5.32 Å². The van der Waals surface area contributed by atoms with Gasteiger partial charge in [0, 0.05) is 17.8 Å². The number of rotatable bonds is 7. The van der Waals surface area contributed by atoms with Gasteiger partial charge in [-0.15, -0.1) is 0 Å². The maximum Gasteiger partial charge on any atom is 0.256 e. The average molecular weight is 552 g/mol. The lowest BCUT2D eigenvalue weighted by atomic mass is 10.1. The molecule has 0 atom stereocenters. The van der Waals surface area contributed by atoms with Gasteiger partial charge in [-0.1, -0.05) is 24.3 Å². The van der Waals surface area contributed by atoms with E-state index in [0.29, 0.717) is 16.6 Å². The topological polar surface area (TPSA) is 56.2 Å². The Balaban J connectivity index is 1.39. The van der Waals surface area contributed by atoms with E-state index in [0.717, 1.165) is 5.56 Å². The minimum atomic E-state index is -1.63. The normalized spacial score (nSPS) is 10.9. The van der Waals surface area contributed by atoms with E-state index < -0.39 is 41.5 Å². The SMILES string of the molecule is O=C(Nc1nn(Cc2ccc(F)cc2)cc1Br)c1ccc(COc2c(F)c(F)cc(F)c2F)cc1. The van der Waals surface area contributed by atoms with E-state index in [-0.39, 0.29) is 23.3 Å². The van der Waals surface area contributed by atoms with Gasteiger partial charge in [0.1, 0.15) is 12.4 Å². The molecule has 0 spiro atoms. The van der Waals surface area contributed by atoms with E-state index in [1.54, 1.807) is 23.0 Å². The van der Waals surface area contributed by atoms with Crippen LogP contribution in [0.3, 0.4) is 0 Å². The van der Waals surface area contributed by atoms with Gasteiger partial charge in [0.25, 0.3) is 5.91 Å². The Morgan fingerprint density at radius 3 is 2.14 bits per heavy atom. The predicted octanol–water partition coefficient (Wildman–Crippen LogP) is 6.22. The van der Waals surface area contributed by atoms with Crippen LogP contribution < -0.4 is 10.1 Å². The fraction of sp³-hybridized carbons (Fsp3) is 0.0833. The molecule has 0 unspecified atom stereocenters. The fourth-order valence-corrected chi connectivity index (χ4v) is 3.52. The molecule has 5 nitrogen and oxygen atoms in total. The van der Waals surface area contributed by atoms with Gasteiger partial charge in [0.15, 0.2) is 23.2 Å². The first-order valence-corrected chi connectivity index (χ1v) is 10.8. The first-order valence-electron chi connectivity index (χ1n) is 10.0. The highest BCUT2D eigenvalue weighted by Crippen LogP contribution is 2.27. The molecule has 0 saturated carbocycles. The molecule has 0 bridgehead atoms. The number of hydrogen-bond donors (Lipinski definition) is 1. The summed E-state index contributed by atoms with van der Waals surface area (Å²) in [5.74, 6) is -8.13. The van der Waals surface area contributed by atoms with Crippen molar-refractivity contribution in [1.29, 1.82) is 0 Å². The summed E-state index contributed by atoms with van der Waals surface area (Å²) in [5, 5.41) is 6.95. The van der Waals surface area contributed by atoms with Crippen LogP contribution in [0.4, 0.5) is 27.8 Å². The third-order valence-corrected chi connectivity index (χ3v) is 5.46. The van der Waals surface area contributed by atoms with Crippen LogP contribution >= 0.6 is 15.9 Å². The van der Waals surface area contributed by atoms with Crippen LogP contribution in [0.15, 0.2) is 65.3 Å². The van der Waals surface area contributed by atoms with Crippen molar-refractivity contribution in [3.8, 4) is 5.75 Å². The molecule has 1 N–H and O–H groups in total. The number of amides is 1. The number of ether oxygens (including phenoxy) is 1. The summed E-state index contributed by atoms with van der Waals surface area (Å²) < 4.78 is 74.1. The van der Waals surface area contributed by atoms with E-state index in [1.807, 2.05) is 0 Å². The second kappa shape index (κ2) is 10.3. The maximum absolute atomic E-state index is 13.7. The minimum Gasteiger partial charge on any atom is -0.483 e. The van der Waals surface area contributed by atoms with Gasteiger partial charge < -0.3 is 10.1 Å². The predicted molar refractivity (Wildman–Crippen MR) is 120 cm³/mol. The zero-order valence-corrected chi connectivity index (χ0v) is 19.3. The molecule has 0 radical (unpaired) electrons. The summed E-state index contributed by atoms with van der Waals surface area (Å²) in [6.45, 7) is -0.0299. The van der Waals surface area contributed by atoms with Crippen LogP contribution in [-0.4, -0.2) is 15.7 Å². The van der Waals surface area contributed by atoms with Crippen LogP contribution in [0.1, 0.15) is 21.5 Å². The highest BCUT2D eigenvalue weighted by Gasteiger charge is 2.20. The zero-order valence-electron chi connectivity index (χ0n) is 17.7. The molecule has 0 saturated heterocycles. The molecule has 1 amide bonds. The monoisotopic (exact) mass is 551 g/mol. The number of hydrogen-bond acceptors (Lipinski definition) is 3. The number of aromatic nitrogens is 2. The van der Waals surface area contributed by atoms with Gasteiger partial charge in [-0.2, -0.15) is 13.9 Å². The summed E-state index contributed by atoms with van der Waals surface area (Å²) in [4.78, 5) is 12.6. The molecule has 3 aromatic carbocycles. The highest BCUT2D eigenvalue weighted by molar-refractivity contribution is 9.10. The number of benzene rings is 3. The summed E-state index contributed by atoms with van der Waals surface area (Å²) in [6.07, 6.45) is 1.66. The third-order valence-electron chi connectivity index (χ3n) is 4.88. The molecule has 4 aromatic rings. The fourth-order valence-electron chi connectivity index (χ4n) is 3.11. The van der Waals surface area contributed by atoms with Crippen LogP contribution in [0.5, 0.6) is 5.75 Å². The van der Waals surface area contributed by atoms with Gasteiger partial charge in [-0.3, -0.25) is 9.48 Å². The van der Waals surface area contributed by atoms with Crippen molar-refractivity contribution in [1.82, 2.24) is 9.78 Å². The summed E-state index contributed by atoms with van der Waals surface area (Å²) in [6, 6.07) is 11.8. The maximum atomic E-state index is 13.7. The van der Waals surface area contributed by atoms with Gasteiger partial charge in [0.05, 0.1) is 11.0 Å². The Kier molecular flexibility index (Phi) is 7.15. The first kappa shape index (κ1) is 24.4. The van der Waals surface area contributed by atoms with Crippen molar-refractivity contribution in [3.63, 3.8) is 0 Å². The Labute approximate surface area is 204 Å². The average Bonchev–Trinajstić information content (AvgIpc) is 3.18. The van der Waals surface area contributed by atoms with Crippen molar-refractivity contribution < 1.29 is 31.5 Å². The van der Waals surface area contributed by atoms with Gasteiger partial charge >= 0.3 is 0 Å². The first-order chi connectivity index (χ1) is 16.7. The molecule has 4 rings (SSSR count). The third kappa shape index (κ3) is 5.68. The summed E-state index contributed by atoms with van der Waals surface area (Å²) >= 11 is 3.33. The molecule has 180 valence electrons. The summed E-state index contributed by atoms with van der Waals surface area (Å²) in [7, 11) is 0. The molecule has 1 heterocycles. The van der Waals surface area contributed by atoms with Crippen molar-refractivity contribution >= 4 is 27.7 Å². The molecule has 0 aliphatic carbocycles. The zero-order chi connectivity index (χ0) is 25.1. The Hall–Kier alpha value is -3.73. The second-order valence-electron chi connectivity index (χ2n) is 7.39. The Bertz CT molecular complexity index is 1350. The molecule has 1 aromatic heterocycles. The van der Waals surface area contributed by atoms with Gasteiger partial charge in [0.2, 0.25) is 11.6 Å². The summed E-state index contributed by atoms with van der Waals surface area (Å²) in [5.41, 5.74) is 1.47. The quantitative estimate of drug-likeness (QED) is 0.219. The van der Waals surface area contributed by atoms with Crippen molar-refractivity contribution in [2.45, 2.75) is 13.2 Å². The van der Waals surface area contributed by atoms with Crippen LogP contribution in [-0.2, 0) is 13.2 Å². The molecule has 35 heavy (non-hydrogen) atoms. The molecular formula is C24H15BrF5N3O2. The van der Waals surface area contributed by atoms with E-state index in [9.17, 15) is 26.7 Å².